The fraction of sp³-hybridized carbons (Fsp3) is 0.200. The molecule has 0 aliphatic heterocycles. The summed E-state index contributed by atoms with van der Waals surface area (Å²) in [6.45, 7) is 0.335. The summed E-state index contributed by atoms with van der Waals surface area (Å²) in [5.41, 5.74) is 0.808. The molecule has 3 N–H and O–H groups in total. The minimum atomic E-state index is -0.615. The lowest BCUT2D eigenvalue weighted by atomic mass is 10.1. The highest BCUT2D eigenvalue weighted by molar-refractivity contribution is 5.93. The molecule has 2 rings (SSSR count). The lowest BCUT2D eigenvalue weighted by molar-refractivity contribution is 0.0942. The van der Waals surface area contributed by atoms with Crippen molar-refractivity contribution in [1.29, 1.82) is 0 Å². The Kier molecular flexibility index (Phi) is 4.68. The van der Waals surface area contributed by atoms with Crippen molar-refractivity contribution >= 4 is 5.91 Å². The van der Waals surface area contributed by atoms with E-state index in [1.165, 1.54) is 18.3 Å². The van der Waals surface area contributed by atoms with Crippen molar-refractivity contribution in [3.63, 3.8) is 0 Å². The first-order chi connectivity index (χ1) is 9.66. The van der Waals surface area contributed by atoms with Crippen LogP contribution in [0.4, 0.5) is 0 Å². The van der Waals surface area contributed by atoms with Gasteiger partial charge in [0, 0.05) is 24.4 Å². The Morgan fingerprint density at radius 1 is 1.25 bits per heavy atom. The number of pyridine rings is 1. The molecule has 1 aromatic carbocycles. The van der Waals surface area contributed by atoms with E-state index in [9.17, 15) is 14.7 Å². The Labute approximate surface area is 116 Å². The van der Waals surface area contributed by atoms with Crippen molar-refractivity contribution in [1.82, 2.24) is 10.3 Å². The second-order valence-electron chi connectivity index (χ2n) is 4.41. The molecule has 5 nitrogen and oxygen atoms in total. The van der Waals surface area contributed by atoms with Crippen LogP contribution in [0.15, 0.2) is 53.5 Å². The number of carbonyl (C=O) groups is 1. The summed E-state index contributed by atoms with van der Waals surface area (Å²) in [6.07, 6.45) is 1.23. The van der Waals surface area contributed by atoms with Gasteiger partial charge < -0.3 is 15.4 Å². The molecule has 2 aromatic rings. The van der Waals surface area contributed by atoms with Gasteiger partial charge in [0.2, 0.25) is 5.56 Å². The van der Waals surface area contributed by atoms with Gasteiger partial charge in [0.1, 0.15) is 0 Å². The zero-order valence-corrected chi connectivity index (χ0v) is 10.9. The predicted octanol–water partition coefficient (Wildman–Crippen LogP) is 1.23. The molecule has 104 valence electrons. The number of rotatable bonds is 5. The average Bonchev–Trinajstić information content (AvgIpc) is 2.48. The third-order valence-corrected chi connectivity index (χ3v) is 2.92. The summed E-state index contributed by atoms with van der Waals surface area (Å²) in [5.74, 6) is -0.323. The van der Waals surface area contributed by atoms with Gasteiger partial charge in [-0.3, -0.25) is 9.59 Å². The van der Waals surface area contributed by atoms with E-state index in [0.717, 1.165) is 5.56 Å². The summed E-state index contributed by atoms with van der Waals surface area (Å²) in [5, 5.41) is 12.6. The summed E-state index contributed by atoms with van der Waals surface area (Å²) in [6, 6.07) is 12.0. The number of carbonyl (C=O) groups excluding carboxylic acids is 1. The van der Waals surface area contributed by atoms with Gasteiger partial charge in [0.25, 0.3) is 5.91 Å². The predicted molar refractivity (Wildman–Crippen MR) is 75.4 cm³/mol. The van der Waals surface area contributed by atoms with Crippen LogP contribution in [0.5, 0.6) is 0 Å². The molecule has 0 spiro atoms. The van der Waals surface area contributed by atoms with E-state index in [0.29, 0.717) is 18.5 Å². The molecule has 0 aliphatic carbocycles. The smallest absolute Gasteiger partial charge is 0.251 e. The molecule has 1 heterocycles. The minimum Gasteiger partial charge on any atom is -0.388 e. The first-order valence-corrected chi connectivity index (χ1v) is 6.37. The molecular weight excluding hydrogens is 256 g/mol. The molecule has 0 radical (unpaired) electrons. The van der Waals surface area contributed by atoms with E-state index in [1.54, 1.807) is 0 Å². The number of hydrogen-bond acceptors (Lipinski definition) is 3. The summed E-state index contributed by atoms with van der Waals surface area (Å²) in [4.78, 5) is 25.3. The molecule has 1 atom stereocenters. The molecule has 20 heavy (non-hydrogen) atoms. The maximum atomic E-state index is 11.8. The van der Waals surface area contributed by atoms with Crippen LogP contribution in [-0.4, -0.2) is 22.5 Å². The zero-order valence-electron chi connectivity index (χ0n) is 10.9. The quantitative estimate of drug-likeness (QED) is 0.765. The number of aliphatic hydroxyl groups excluding tert-OH is 1. The molecular formula is C15H16N2O3. The van der Waals surface area contributed by atoms with E-state index in [4.69, 9.17) is 0 Å². The SMILES string of the molecule is O=C(NCCC(O)c1ccccc1)c1cc[nH]c(=O)c1. The molecule has 1 aromatic heterocycles. The van der Waals surface area contributed by atoms with Crippen LogP contribution >= 0.6 is 0 Å². The van der Waals surface area contributed by atoms with Crippen molar-refractivity contribution in [2.75, 3.05) is 6.54 Å². The lowest BCUT2D eigenvalue weighted by Crippen LogP contribution is -2.26. The Balaban J connectivity index is 1.84. The lowest BCUT2D eigenvalue weighted by Gasteiger charge is -2.11. The van der Waals surface area contributed by atoms with Crippen molar-refractivity contribution in [2.45, 2.75) is 12.5 Å². The largest absolute Gasteiger partial charge is 0.388 e. The van der Waals surface area contributed by atoms with Gasteiger partial charge >= 0.3 is 0 Å². The van der Waals surface area contributed by atoms with Gasteiger partial charge in [0.05, 0.1) is 6.10 Å². The topological polar surface area (TPSA) is 82.2 Å². The monoisotopic (exact) mass is 272 g/mol. The van der Waals surface area contributed by atoms with Crippen molar-refractivity contribution in [3.8, 4) is 0 Å². The molecule has 1 amide bonds. The van der Waals surface area contributed by atoms with Gasteiger partial charge in [-0.2, -0.15) is 0 Å². The number of aliphatic hydroxyl groups is 1. The fourth-order valence-corrected chi connectivity index (χ4v) is 1.85. The van der Waals surface area contributed by atoms with Crippen molar-refractivity contribution in [3.05, 3.63) is 70.1 Å². The highest BCUT2D eigenvalue weighted by atomic mass is 16.3. The van der Waals surface area contributed by atoms with Crippen molar-refractivity contribution < 1.29 is 9.90 Å². The highest BCUT2D eigenvalue weighted by Gasteiger charge is 2.09. The number of aromatic amines is 1. The zero-order chi connectivity index (χ0) is 14.4. The molecule has 5 heteroatoms. The normalized spacial score (nSPS) is 11.8. The number of amides is 1. The minimum absolute atomic E-state index is 0.308. The van der Waals surface area contributed by atoms with Crippen LogP contribution in [-0.2, 0) is 0 Å². The summed E-state index contributed by atoms with van der Waals surface area (Å²) >= 11 is 0. The number of H-pyrrole nitrogens is 1. The average molecular weight is 272 g/mol. The van der Waals surface area contributed by atoms with Gasteiger partial charge in [-0.25, -0.2) is 0 Å². The van der Waals surface area contributed by atoms with Gasteiger partial charge in [-0.15, -0.1) is 0 Å². The van der Waals surface area contributed by atoms with Crippen LogP contribution < -0.4 is 10.9 Å². The maximum absolute atomic E-state index is 11.8. The van der Waals surface area contributed by atoms with Gasteiger partial charge in [-0.05, 0) is 18.1 Å². The van der Waals surface area contributed by atoms with E-state index >= 15 is 0 Å². The molecule has 0 saturated carbocycles. The third-order valence-electron chi connectivity index (χ3n) is 2.92. The fourth-order valence-electron chi connectivity index (χ4n) is 1.85. The third kappa shape index (κ3) is 3.80. The van der Waals surface area contributed by atoms with E-state index in [-0.39, 0.29) is 11.5 Å². The summed E-state index contributed by atoms with van der Waals surface area (Å²) < 4.78 is 0. The Morgan fingerprint density at radius 3 is 2.70 bits per heavy atom. The first kappa shape index (κ1) is 14.0. The van der Waals surface area contributed by atoms with Crippen LogP contribution in [0.2, 0.25) is 0 Å². The molecule has 1 unspecified atom stereocenters. The number of hydrogen-bond donors (Lipinski definition) is 3. The van der Waals surface area contributed by atoms with E-state index in [1.807, 2.05) is 30.3 Å². The standard InChI is InChI=1S/C15H16N2O3/c18-13(11-4-2-1-3-5-11)7-9-17-15(20)12-6-8-16-14(19)10-12/h1-6,8,10,13,18H,7,9H2,(H,16,19)(H,17,20). The highest BCUT2D eigenvalue weighted by Crippen LogP contribution is 2.14. The number of nitrogens with one attached hydrogen (secondary N) is 2. The Morgan fingerprint density at radius 2 is 2.00 bits per heavy atom. The molecule has 0 fully saturated rings. The number of aromatic nitrogens is 1. The van der Waals surface area contributed by atoms with Gasteiger partial charge in [0.15, 0.2) is 0 Å². The van der Waals surface area contributed by atoms with Crippen LogP contribution in [0, 0.1) is 0 Å². The molecule has 0 saturated heterocycles. The molecule has 0 aliphatic rings. The first-order valence-electron chi connectivity index (χ1n) is 6.37. The molecule has 0 bridgehead atoms. The van der Waals surface area contributed by atoms with E-state index in [2.05, 4.69) is 10.3 Å². The van der Waals surface area contributed by atoms with Crippen LogP contribution in [0.3, 0.4) is 0 Å². The maximum Gasteiger partial charge on any atom is 0.251 e. The van der Waals surface area contributed by atoms with Gasteiger partial charge in [-0.1, -0.05) is 30.3 Å². The summed E-state index contributed by atoms with van der Waals surface area (Å²) in [7, 11) is 0. The second kappa shape index (κ2) is 6.68. The Bertz CT molecular complexity index is 622. The number of benzene rings is 1. The van der Waals surface area contributed by atoms with Crippen LogP contribution in [0.1, 0.15) is 28.4 Å². The Hall–Kier alpha value is -2.40. The van der Waals surface area contributed by atoms with E-state index < -0.39 is 6.10 Å². The van der Waals surface area contributed by atoms with Crippen LogP contribution in [0.25, 0.3) is 0 Å². The second-order valence-corrected chi connectivity index (χ2v) is 4.41. The van der Waals surface area contributed by atoms with Crippen molar-refractivity contribution in [2.24, 2.45) is 0 Å².